The summed E-state index contributed by atoms with van der Waals surface area (Å²) in [6.45, 7) is 5.21. The fourth-order valence-corrected chi connectivity index (χ4v) is 3.52. The standard InChI is InChI=1S/C19H26FN3O8/c1-19(2,3)31-18(28)22-6-4-5-11(22)16(26)29-9-13-12(24)7-14(30-13)23-8-10(20)15(25)21-17(23)27/h8,11-14,24H,4-7,9H2,1-3H3,(H,21,25,27)/t11-,12-,13+,14+/m0/s1. The molecule has 2 fully saturated rings. The largest absolute Gasteiger partial charge is 0.461 e. The number of rotatable bonds is 4. The van der Waals surface area contributed by atoms with Gasteiger partial charge in [-0.25, -0.2) is 14.4 Å². The second-order valence-electron chi connectivity index (χ2n) is 8.54. The number of carbonyl (C=O) groups excluding carboxylic acids is 2. The molecule has 12 heteroatoms. The van der Waals surface area contributed by atoms with Gasteiger partial charge in [0.25, 0.3) is 5.56 Å². The molecule has 0 spiro atoms. The Labute approximate surface area is 176 Å². The van der Waals surface area contributed by atoms with Crippen LogP contribution in [-0.2, 0) is 19.0 Å². The summed E-state index contributed by atoms with van der Waals surface area (Å²) in [5.41, 5.74) is -2.75. The second kappa shape index (κ2) is 8.79. The average molecular weight is 443 g/mol. The Bertz CT molecular complexity index is 953. The van der Waals surface area contributed by atoms with E-state index in [0.29, 0.717) is 25.6 Å². The lowest BCUT2D eigenvalue weighted by Gasteiger charge is -2.27. The number of nitrogens with zero attached hydrogens (tertiary/aromatic N) is 2. The van der Waals surface area contributed by atoms with Crippen LogP contribution < -0.4 is 11.2 Å². The zero-order chi connectivity index (χ0) is 22.9. The first kappa shape index (κ1) is 22.9. The minimum absolute atomic E-state index is 0.0684. The minimum Gasteiger partial charge on any atom is -0.461 e. The van der Waals surface area contributed by atoms with Crippen LogP contribution in [0.15, 0.2) is 15.8 Å². The Kier molecular flexibility index (Phi) is 6.51. The molecular weight excluding hydrogens is 417 g/mol. The van der Waals surface area contributed by atoms with Gasteiger partial charge in [0.1, 0.15) is 30.6 Å². The number of aliphatic hydroxyl groups excluding tert-OH is 1. The van der Waals surface area contributed by atoms with E-state index >= 15 is 0 Å². The third kappa shape index (κ3) is 5.31. The van der Waals surface area contributed by atoms with Gasteiger partial charge in [-0.15, -0.1) is 0 Å². The predicted octanol–water partition coefficient (Wildman–Crippen LogP) is 0.267. The van der Waals surface area contributed by atoms with Crippen molar-refractivity contribution in [3.8, 4) is 0 Å². The van der Waals surface area contributed by atoms with Gasteiger partial charge >= 0.3 is 17.8 Å². The molecule has 1 amide bonds. The molecule has 0 bridgehead atoms. The number of halogens is 1. The average Bonchev–Trinajstić information content (AvgIpc) is 3.28. The number of carbonyl (C=O) groups is 2. The highest BCUT2D eigenvalue weighted by atomic mass is 19.1. The number of esters is 1. The van der Waals surface area contributed by atoms with E-state index in [4.69, 9.17) is 14.2 Å². The highest BCUT2D eigenvalue weighted by molar-refractivity contribution is 5.82. The van der Waals surface area contributed by atoms with E-state index in [2.05, 4.69) is 0 Å². The van der Waals surface area contributed by atoms with Gasteiger partial charge in [0.05, 0.1) is 12.3 Å². The molecule has 1 aromatic heterocycles. The van der Waals surface area contributed by atoms with Crippen molar-refractivity contribution < 1.29 is 33.3 Å². The Morgan fingerprint density at radius 2 is 2.06 bits per heavy atom. The maximum Gasteiger partial charge on any atom is 0.411 e. The molecule has 2 saturated heterocycles. The molecule has 0 radical (unpaired) electrons. The zero-order valence-corrected chi connectivity index (χ0v) is 17.5. The van der Waals surface area contributed by atoms with Crippen LogP contribution in [0, 0.1) is 5.82 Å². The molecule has 31 heavy (non-hydrogen) atoms. The molecule has 2 aliphatic heterocycles. The van der Waals surface area contributed by atoms with Crippen LogP contribution in [0.5, 0.6) is 0 Å². The fourth-order valence-electron chi connectivity index (χ4n) is 3.52. The molecule has 172 valence electrons. The number of aliphatic hydroxyl groups is 1. The lowest BCUT2D eigenvalue weighted by Crippen LogP contribution is -2.44. The molecule has 11 nitrogen and oxygen atoms in total. The fraction of sp³-hybridized carbons (Fsp3) is 0.684. The summed E-state index contributed by atoms with van der Waals surface area (Å²) in [5, 5.41) is 10.2. The van der Waals surface area contributed by atoms with Gasteiger partial charge in [0.2, 0.25) is 5.82 Å². The van der Waals surface area contributed by atoms with Crippen molar-refractivity contribution in [2.24, 2.45) is 0 Å². The third-order valence-electron chi connectivity index (χ3n) is 4.98. The quantitative estimate of drug-likeness (QED) is 0.632. The lowest BCUT2D eigenvalue weighted by atomic mass is 10.2. The monoisotopic (exact) mass is 443 g/mol. The van der Waals surface area contributed by atoms with E-state index in [9.17, 15) is 28.7 Å². The van der Waals surface area contributed by atoms with Crippen molar-refractivity contribution in [1.29, 1.82) is 0 Å². The van der Waals surface area contributed by atoms with Crippen LogP contribution in [0.3, 0.4) is 0 Å². The summed E-state index contributed by atoms with van der Waals surface area (Å²) >= 11 is 0. The molecule has 0 unspecified atom stereocenters. The molecule has 3 heterocycles. The first-order valence-electron chi connectivity index (χ1n) is 9.97. The number of hydrogen-bond acceptors (Lipinski definition) is 8. The first-order valence-corrected chi connectivity index (χ1v) is 9.97. The van der Waals surface area contributed by atoms with Gasteiger partial charge in [0, 0.05) is 13.0 Å². The summed E-state index contributed by atoms with van der Waals surface area (Å²) in [5.74, 6) is -1.83. The minimum atomic E-state index is -1.17. The van der Waals surface area contributed by atoms with Gasteiger partial charge < -0.3 is 19.3 Å². The van der Waals surface area contributed by atoms with E-state index in [1.807, 2.05) is 4.98 Å². The first-order chi connectivity index (χ1) is 14.5. The van der Waals surface area contributed by atoms with Gasteiger partial charge in [-0.05, 0) is 33.6 Å². The van der Waals surface area contributed by atoms with Crippen molar-refractivity contribution in [1.82, 2.24) is 14.5 Å². The van der Waals surface area contributed by atoms with Crippen molar-refractivity contribution in [3.63, 3.8) is 0 Å². The van der Waals surface area contributed by atoms with Crippen LogP contribution in [0.2, 0.25) is 0 Å². The van der Waals surface area contributed by atoms with E-state index in [1.165, 1.54) is 4.90 Å². The number of nitrogens with one attached hydrogen (secondary N) is 1. The number of amides is 1. The van der Waals surface area contributed by atoms with E-state index in [0.717, 1.165) is 4.57 Å². The van der Waals surface area contributed by atoms with Crippen LogP contribution in [-0.4, -0.2) is 68.6 Å². The molecule has 4 atom stereocenters. The lowest BCUT2D eigenvalue weighted by molar-refractivity contribution is -0.155. The molecule has 3 rings (SSSR count). The van der Waals surface area contributed by atoms with E-state index in [1.54, 1.807) is 20.8 Å². The maximum atomic E-state index is 13.5. The number of likely N-dealkylation sites (tertiary alicyclic amines) is 1. The van der Waals surface area contributed by atoms with Gasteiger partial charge in [-0.1, -0.05) is 0 Å². The highest BCUT2D eigenvalue weighted by Crippen LogP contribution is 2.28. The van der Waals surface area contributed by atoms with Gasteiger partial charge in [-0.3, -0.25) is 19.2 Å². The topological polar surface area (TPSA) is 140 Å². The number of ether oxygens (including phenoxy) is 3. The Hall–Kier alpha value is -2.73. The molecule has 0 aliphatic carbocycles. The molecule has 0 aromatic carbocycles. The molecular formula is C19H26FN3O8. The number of aromatic nitrogens is 2. The van der Waals surface area contributed by atoms with Crippen molar-refractivity contribution in [2.45, 2.75) is 70.1 Å². The van der Waals surface area contributed by atoms with Crippen LogP contribution in [0.1, 0.15) is 46.3 Å². The predicted molar refractivity (Wildman–Crippen MR) is 103 cm³/mol. The number of aromatic amines is 1. The number of H-pyrrole nitrogens is 1. The smallest absolute Gasteiger partial charge is 0.411 e. The summed E-state index contributed by atoms with van der Waals surface area (Å²) in [4.78, 5) is 51.0. The highest BCUT2D eigenvalue weighted by Gasteiger charge is 2.40. The number of hydrogen-bond donors (Lipinski definition) is 2. The Morgan fingerprint density at radius 1 is 1.35 bits per heavy atom. The van der Waals surface area contributed by atoms with Crippen LogP contribution >= 0.6 is 0 Å². The molecule has 2 N–H and O–H groups in total. The van der Waals surface area contributed by atoms with E-state index < -0.39 is 59.2 Å². The van der Waals surface area contributed by atoms with E-state index in [-0.39, 0.29) is 13.0 Å². The van der Waals surface area contributed by atoms with Crippen molar-refractivity contribution >= 4 is 12.1 Å². The summed E-state index contributed by atoms with van der Waals surface area (Å²) < 4.78 is 30.4. The molecule has 1 aromatic rings. The van der Waals surface area contributed by atoms with Crippen LogP contribution in [0.4, 0.5) is 9.18 Å². The summed E-state index contributed by atoms with van der Waals surface area (Å²) in [6.07, 6.45) is -2.04. The Balaban J connectivity index is 1.59. The maximum absolute atomic E-state index is 13.5. The molecule has 0 saturated carbocycles. The zero-order valence-electron chi connectivity index (χ0n) is 17.5. The van der Waals surface area contributed by atoms with Gasteiger partial charge in [-0.2, -0.15) is 4.39 Å². The summed E-state index contributed by atoms with van der Waals surface area (Å²) in [6, 6.07) is -0.805. The molecule has 2 aliphatic rings. The van der Waals surface area contributed by atoms with Crippen molar-refractivity contribution in [3.05, 3.63) is 32.9 Å². The third-order valence-corrected chi connectivity index (χ3v) is 4.98. The van der Waals surface area contributed by atoms with Crippen molar-refractivity contribution in [2.75, 3.05) is 13.2 Å². The summed E-state index contributed by atoms with van der Waals surface area (Å²) in [7, 11) is 0. The van der Waals surface area contributed by atoms with Crippen LogP contribution in [0.25, 0.3) is 0 Å². The van der Waals surface area contributed by atoms with Gasteiger partial charge in [0.15, 0.2) is 0 Å². The normalized spacial score (nSPS) is 26.2. The SMILES string of the molecule is CC(C)(C)OC(=O)N1CCC[C@H]1C(=O)OC[C@H]1O[C@@H](n2cc(F)c(=O)[nH]c2=O)C[C@@H]1O. The Morgan fingerprint density at radius 3 is 2.74 bits per heavy atom. The second-order valence-corrected chi connectivity index (χ2v) is 8.54.